The fraction of sp³-hybridized carbons (Fsp3) is 0.409. The molecule has 0 spiro atoms. The van der Waals surface area contributed by atoms with Gasteiger partial charge in [0.25, 0.3) is 0 Å². The number of nitrogens with zero attached hydrogens (tertiary/aromatic N) is 1. The third-order valence-electron chi connectivity index (χ3n) is 5.81. The fourth-order valence-electron chi connectivity index (χ4n) is 4.37. The van der Waals surface area contributed by atoms with E-state index in [0.717, 1.165) is 18.2 Å². The zero-order valence-electron chi connectivity index (χ0n) is 15.7. The molecule has 2 atom stereocenters. The van der Waals surface area contributed by atoms with Gasteiger partial charge < -0.3 is 4.74 Å². The standard InChI is InChI=1S/C22H21F4NO2/c23-20-7-6-16(22(24,25)26)10-19(20)21(28)15-8-17-12-29-13-18(9-15)27(17)11-14-4-2-1-3-5-14/h1-7,10,15,17-18H,8-9,11-13H2. The molecule has 0 radical (unpaired) electrons. The van der Waals surface area contributed by atoms with Crippen molar-refractivity contribution in [3.63, 3.8) is 0 Å². The highest BCUT2D eigenvalue weighted by Gasteiger charge is 2.42. The van der Waals surface area contributed by atoms with Crippen molar-refractivity contribution >= 4 is 5.78 Å². The van der Waals surface area contributed by atoms with Crippen LogP contribution in [-0.2, 0) is 17.5 Å². The molecule has 2 aliphatic rings. The molecule has 154 valence electrons. The van der Waals surface area contributed by atoms with E-state index in [1.807, 2.05) is 30.3 Å². The Labute approximate surface area is 166 Å². The highest BCUT2D eigenvalue weighted by molar-refractivity contribution is 5.98. The molecule has 2 unspecified atom stereocenters. The lowest BCUT2D eigenvalue weighted by molar-refractivity contribution is -0.137. The Kier molecular flexibility index (Phi) is 5.44. The zero-order chi connectivity index (χ0) is 20.6. The molecular weight excluding hydrogens is 386 g/mol. The van der Waals surface area contributed by atoms with Crippen LogP contribution in [0, 0.1) is 11.7 Å². The summed E-state index contributed by atoms with van der Waals surface area (Å²) in [4.78, 5) is 15.2. The van der Waals surface area contributed by atoms with Crippen LogP contribution in [0.5, 0.6) is 0 Å². The van der Waals surface area contributed by atoms with Crippen molar-refractivity contribution in [1.29, 1.82) is 0 Å². The van der Waals surface area contributed by atoms with E-state index in [1.165, 1.54) is 0 Å². The molecule has 2 fully saturated rings. The van der Waals surface area contributed by atoms with Gasteiger partial charge in [0.2, 0.25) is 0 Å². The molecule has 0 amide bonds. The number of morpholine rings is 1. The van der Waals surface area contributed by atoms with Crippen LogP contribution >= 0.6 is 0 Å². The van der Waals surface area contributed by atoms with E-state index in [9.17, 15) is 22.4 Å². The number of hydrogen-bond acceptors (Lipinski definition) is 3. The lowest BCUT2D eigenvalue weighted by atomic mass is 9.80. The second kappa shape index (κ2) is 7.88. The van der Waals surface area contributed by atoms with Gasteiger partial charge >= 0.3 is 6.18 Å². The maximum Gasteiger partial charge on any atom is 0.416 e. The van der Waals surface area contributed by atoms with Crippen LogP contribution in [0.15, 0.2) is 48.5 Å². The monoisotopic (exact) mass is 407 g/mol. The lowest BCUT2D eigenvalue weighted by Crippen LogP contribution is -2.57. The van der Waals surface area contributed by atoms with Crippen LogP contribution in [0.2, 0.25) is 0 Å². The molecule has 2 heterocycles. The first kappa shape index (κ1) is 20.0. The van der Waals surface area contributed by atoms with Crippen molar-refractivity contribution in [2.45, 2.75) is 37.6 Å². The van der Waals surface area contributed by atoms with Crippen molar-refractivity contribution < 1.29 is 27.1 Å². The number of rotatable bonds is 4. The highest BCUT2D eigenvalue weighted by Crippen LogP contribution is 2.36. The lowest BCUT2D eigenvalue weighted by Gasteiger charge is -2.48. The summed E-state index contributed by atoms with van der Waals surface area (Å²) in [5, 5.41) is 0. The molecule has 3 nitrogen and oxygen atoms in total. The summed E-state index contributed by atoms with van der Waals surface area (Å²) in [6, 6.07) is 11.9. The van der Waals surface area contributed by atoms with Crippen molar-refractivity contribution in [3.8, 4) is 0 Å². The first-order valence-corrected chi connectivity index (χ1v) is 9.61. The number of alkyl halides is 3. The summed E-state index contributed by atoms with van der Waals surface area (Å²) in [5.41, 5.74) is -0.328. The Morgan fingerprint density at radius 3 is 2.31 bits per heavy atom. The average molecular weight is 407 g/mol. The minimum atomic E-state index is -4.62. The van der Waals surface area contributed by atoms with E-state index < -0.39 is 34.8 Å². The van der Waals surface area contributed by atoms with E-state index in [2.05, 4.69) is 4.90 Å². The summed E-state index contributed by atoms with van der Waals surface area (Å²) < 4.78 is 58.8. The first-order valence-electron chi connectivity index (χ1n) is 9.61. The summed E-state index contributed by atoms with van der Waals surface area (Å²) >= 11 is 0. The highest BCUT2D eigenvalue weighted by atomic mass is 19.4. The Balaban J connectivity index is 1.54. The fourth-order valence-corrected chi connectivity index (χ4v) is 4.37. The minimum Gasteiger partial charge on any atom is -0.378 e. The van der Waals surface area contributed by atoms with Crippen molar-refractivity contribution in [2.75, 3.05) is 13.2 Å². The molecule has 2 aromatic carbocycles. The van der Waals surface area contributed by atoms with Gasteiger partial charge in [-0.1, -0.05) is 30.3 Å². The number of Topliss-reactive ketones (excluding diaryl/α,β-unsaturated/α-hetero) is 1. The van der Waals surface area contributed by atoms with Gasteiger partial charge in [-0.3, -0.25) is 9.69 Å². The molecule has 0 saturated carbocycles. The third-order valence-corrected chi connectivity index (χ3v) is 5.81. The number of carbonyl (C=O) groups is 1. The van der Waals surface area contributed by atoms with Crippen LogP contribution < -0.4 is 0 Å². The molecule has 2 aliphatic heterocycles. The van der Waals surface area contributed by atoms with Crippen molar-refractivity contribution in [2.24, 2.45) is 5.92 Å². The van der Waals surface area contributed by atoms with E-state index in [0.29, 0.717) is 38.2 Å². The van der Waals surface area contributed by atoms with Gasteiger partial charge in [0.05, 0.1) is 24.3 Å². The Morgan fingerprint density at radius 1 is 1.03 bits per heavy atom. The average Bonchev–Trinajstić information content (AvgIpc) is 2.67. The maximum absolute atomic E-state index is 14.2. The van der Waals surface area contributed by atoms with Crippen LogP contribution in [0.3, 0.4) is 0 Å². The van der Waals surface area contributed by atoms with E-state index in [-0.39, 0.29) is 12.1 Å². The molecule has 0 aromatic heterocycles. The zero-order valence-corrected chi connectivity index (χ0v) is 15.7. The molecule has 2 aromatic rings. The number of halogens is 4. The number of ketones is 1. The summed E-state index contributed by atoms with van der Waals surface area (Å²) in [5.74, 6) is -1.97. The number of benzene rings is 2. The topological polar surface area (TPSA) is 29.5 Å². The second-order valence-corrected chi connectivity index (χ2v) is 7.73. The predicted octanol–water partition coefficient (Wildman–Crippen LogP) is 4.71. The second-order valence-electron chi connectivity index (χ2n) is 7.73. The SMILES string of the molecule is O=C(c1cc(C(F)(F)F)ccc1F)C1CC2COCC(C1)N2Cc1ccccc1. The Bertz CT molecular complexity index is 870. The van der Waals surface area contributed by atoms with Crippen LogP contribution in [0.4, 0.5) is 17.6 Å². The van der Waals surface area contributed by atoms with Gasteiger partial charge in [0.15, 0.2) is 5.78 Å². The van der Waals surface area contributed by atoms with Gasteiger partial charge in [-0.25, -0.2) is 4.39 Å². The van der Waals surface area contributed by atoms with Crippen molar-refractivity contribution in [3.05, 3.63) is 71.0 Å². The first-order chi connectivity index (χ1) is 13.8. The Hall–Kier alpha value is -2.25. The van der Waals surface area contributed by atoms with Gasteiger partial charge in [-0.2, -0.15) is 13.2 Å². The Morgan fingerprint density at radius 2 is 1.69 bits per heavy atom. The van der Waals surface area contributed by atoms with Crippen LogP contribution in [0.25, 0.3) is 0 Å². The third kappa shape index (κ3) is 4.21. The van der Waals surface area contributed by atoms with Gasteiger partial charge in [-0.15, -0.1) is 0 Å². The summed E-state index contributed by atoms with van der Waals surface area (Å²) in [6.45, 7) is 1.63. The normalized spacial score (nSPS) is 25.0. The molecule has 2 saturated heterocycles. The van der Waals surface area contributed by atoms with Crippen LogP contribution in [-0.4, -0.2) is 36.0 Å². The van der Waals surface area contributed by atoms with Gasteiger partial charge in [0.1, 0.15) is 5.82 Å². The smallest absolute Gasteiger partial charge is 0.378 e. The molecule has 4 rings (SSSR count). The number of fused-ring (bicyclic) bond motifs is 2. The number of ether oxygens (including phenoxy) is 1. The van der Waals surface area contributed by atoms with Gasteiger partial charge in [0, 0.05) is 24.5 Å². The number of carbonyl (C=O) groups excluding carboxylic acids is 1. The van der Waals surface area contributed by atoms with Crippen LogP contribution in [0.1, 0.15) is 34.3 Å². The molecule has 7 heteroatoms. The molecule has 0 aliphatic carbocycles. The quantitative estimate of drug-likeness (QED) is 0.543. The van der Waals surface area contributed by atoms with Gasteiger partial charge in [-0.05, 0) is 36.6 Å². The summed E-state index contributed by atoms with van der Waals surface area (Å²) in [6.07, 6.45) is -3.73. The molecule has 0 N–H and O–H groups in total. The maximum atomic E-state index is 14.2. The number of hydrogen-bond donors (Lipinski definition) is 0. The predicted molar refractivity (Wildman–Crippen MR) is 98.8 cm³/mol. The van der Waals surface area contributed by atoms with E-state index in [1.54, 1.807) is 0 Å². The molecule has 2 bridgehead atoms. The van der Waals surface area contributed by atoms with E-state index in [4.69, 9.17) is 4.74 Å². The largest absolute Gasteiger partial charge is 0.416 e. The minimum absolute atomic E-state index is 0.0227. The molecular formula is C22H21F4NO2. The number of piperidine rings is 1. The van der Waals surface area contributed by atoms with Crippen molar-refractivity contribution in [1.82, 2.24) is 4.90 Å². The molecule has 29 heavy (non-hydrogen) atoms. The summed E-state index contributed by atoms with van der Waals surface area (Å²) in [7, 11) is 0. The van der Waals surface area contributed by atoms with E-state index >= 15 is 0 Å².